The third-order valence-corrected chi connectivity index (χ3v) is 3.44. The molecule has 2 rings (SSSR count). The summed E-state index contributed by atoms with van der Waals surface area (Å²) in [5.41, 5.74) is 11.9. The van der Waals surface area contributed by atoms with E-state index in [2.05, 4.69) is 15.3 Å². The summed E-state index contributed by atoms with van der Waals surface area (Å²) < 4.78 is 5.04. The summed E-state index contributed by atoms with van der Waals surface area (Å²) in [5.74, 6) is 0.0274. The van der Waals surface area contributed by atoms with Crippen molar-refractivity contribution in [3.05, 3.63) is 47.8 Å². The van der Waals surface area contributed by atoms with Crippen LogP contribution in [0.4, 0.5) is 16.4 Å². The zero-order valence-corrected chi connectivity index (χ0v) is 13.5. The van der Waals surface area contributed by atoms with Crippen molar-refractivity contribution in [1.29, 1.82) is 0 Å². The molecule has 0 bridgehead atoms. The minimum Gasteiger partial charge on any atom is -0.445 e. The maximum absolute atomic E-state index is 11.6. The number of anilines is 2. The molecule has 2 atom stereocenters. The molecule has 134 valence electrons. The number of carbonyl (C=O) groups excluding carboxylic acids is 1. The highest BCUT2D eigenvalue weighted by molar-refractivity contribution is 5.67. The second kappa shape index (κ2) is 8.81. The number of hydrogen-bond donors (Lipinski definition) is 5. The average Bonchev–Trinajstić information content (AvgIpc) is 2.62. The van der Waals surface area contributed by atoms with Crippen LogP contribution in [-0.2, 0) is 11.3 Å². The Bertz CT molecular complexity index is 698. The van der Waals surface area contributed by atoms with Crippen LogP contribution in [0.1, 0.15) is 23.8 Å². The van der Waals surface area contributed by atoms with Crippen LogP contribution in [-0.4, -0.2) is 38.9 Å². The monoisotopic (exact) mass is 347 g/mol. The Balaban J connectivity index is 1.72. The van der Waals surface area contributed by atoms with Crippen LogP contribution < -0.4 is 16.8 Å². The Morgan fingerprint density at radius 2 is 1.92 bits per heavy atom. The number of nitrogens with one attached hydrogen (secondary N) is 1. The quantitative estimate of drug-likeness (QED) is 0.480. The summed E-state index contributed by atoms with van der Waals surface area (Å²) >= 11 is 0. The van der Waals surface area contributed by atoms with Gasteiger partial charge in [0.1, 0.15) is 12.7 Å². The Labute approximate surface area is 144 Å². The highest BCUT2D eigenvalue weighted by atomic mass is 16.5. The molecule has 0 spiro atoms. The van der Waals surface area contributed by atoms with Crippen molar-refractivity contribution >= 4 is 17.7 Å². The molecule has 0 aliphatic carbocycles. The van der Waals surface area contributed by atoms with Gasteiger partial charge >= 0.3 is 6.09 Å². The summed E-state index contributed by atoms with van der Waals surface area (Å²) in [6, 6.07) is 9.25. The molecule has 2 aromatic rings. The fourth-order valence-electron chi connectivity index (χ4n) is 2.02. The molecule has 0 saturated carbocycles. The predicted molar refractivity (Wildman–Crippen MR) is 91.1 cm³/mol. The fourth-order valence-corrected chi connectivity index (χ4v) is 2.02. The molecule has 9 nitrogen and oxygen atoms in total. The van der Waals surface area contributed by atoms with Crippen molar-refractivity contribution in [2.75, 3.05) is 18.0 Å². The number of hydrogen-bond acceptors (Lipinski definition) is 8. The van der Waals surface area contributed by atoms with Crippen molar-refractivity contribution in [2.24, 2.45) is 0 Å². The van der Waals surface area contributed by atoms with Crippen molar-refractivity contribution in [1.82, 2.24) is 15.3 Å². The maximum Gasteiger partial charge on any atom is 0.407 e. The van der Waals surface area contributed by atoms with Crippen LogP contribution in [0, 0.1) is 0 Å². The van der Waals surface area contributed by atoms with Gasteiger partial charge in [-0.15, -0.1) is 0 Å². The molecule has 9 heteroatoms. The van der Waals surface area contributed by atoms with Crippen molar-refractivity contribution in [3.8, 4) is 0 Å². The van der Waals surface area contributed by atoms with Gasteiger partial charge < -0.3 is 31.7 Å². The van der Waals surface area contributed by atoms with Crippen molar-refractivity contribution in [3.63, 3.8) is 0 Å². The van der Waals surface area contributed by atoms with Crippen molar-refractivity contribution in [2.45, 2.75) is 25.2 Å². The Morgan fingerprint density at radius 3 is 2.60 bits per heavy atom. The number of amides is 1. The van der Waals surface area contributed by atoms with E-state index in [1.807, 2.05) is 30.3 Å². The first kappa shape index (κ1) is 18.4. The van der Waals surface area contributed by atoms with Crippen LogP contribution in [0.2, 0.25) is 0 Å². The number of nitrogens with two attached hydrogens (primary N) is 2. The van der Waals surface area contributed by atoms with Crippen LogP contribution in [0.5, 0.6) is 0 Å². The first-order chi connectivity index (χ1) is 12.0. The Hall–Kier alpha value is -2.91. The second-order valence-electron chi connectivity index (χ2n) is 5.35. The number of benzene rings is 1. The first-order valence-corrected chi connectivity index (χ1v) is 7.66. The molecular weight excluding hydrogens is 326 g/mol. The van der Waals surface area contributed by atoms with Gasteiger partial charge in [0.2, 0.25) is 0 Å². The second-order valence-corrected chi connectivity index (χ2v) is 5.35. The van der Waals surface area contributed by atoms with E-state index in [1.54, 1.807) is 0 Å². The fraction of sp³-hybridized carbons (Fsp3) is 0.312. The third-order valence-electron chi connectivity index (χ3n) is 3.44. The van der Waals surface area contributed by atoms with Gasteiger partial charge in [-0.25, -0.2) is 14.8 Å². The zero-order chi connectivity index (χ0) is 18.2. The van der Waals surface area contributed by atoms with Crippen LogP contribution in [0.15, 0.2) is 36.5 Å². The summed E-state index contributed by atoms with van der Waals surface area (Å²) in [4.78, 5) is 19.2. The summed E-state index contributed by atoms with van der Waals surface area (Å²) in [7, 11) is 0. The van der Waals surface area contributed by atoms with Gasteiger partial charge in [0.15, 0.2) is 11.6 Å². The molecule has 0 aliphatic rings. The van der Waals surface area contributed by atoms with E-state index in [0.29, 0.717) is 0 Å². The number of aromatic nitrogens is 2. The van der Waals surface area contributed by atoms with Crippen LogP contribution in [0.3, 0.4) is 0 Å². The van der Waals surface area contributed by atoms with Gasteiger partial charge in [-0.3, -0.25) is 0 Å². The molecular formula is C16H21N5O4. The molecule has 1 aromatic heterocycles. The molecule has 0 saturated heterocycles. The molecule has 7 N–H and O–H groups in total. The molecule has 0 radical (unpaired) electrons. The molecule has 2 unspecified atom stereocenters. The number of aliphatic hydroxyl groups is 2. The van der Waals surface area contributed by atoms with E-state index >= 15 is 0 Å². The van der Waals surface area contributed by atoms with Gasteiger partial charge in [0.25, 0.3) is 0 Å². The predicted octanol–water partition coefficient (Wildman–Crippen LogP) is 0.352. The summed E-state index contributed by atoms with van der Waals surface area (Å²) in [5, 5.41) is 22.5. The van der Waals surface area contributed by atoms with Gasteiger partial charge in [-0.05, 0) is 12.0 Å². The molecule has 1 amide bonds. The largest absolute Gasteiger partial charge is 0.445 e. The van der Waals surface area contributed by atoms with E-state index in [1.165, 1.54) is 6.20 Å². The maximum atomic E-state index is 11.6. The minimum absolute atomic E-state index is 0.0219. The molecule has 25 heavy (non-hydrogen) atoms. The zero-order valence-electron chi connectivity index (χ0n) is 13.5. The minimum atomic E-state index is -1.29. The molecule has 1 aromatic carbocycles. The average molecular weight is 347 g/mol. The third kappa shape index (κ3) is 5.59. The first-order valence-electron chi connectivity index (χ1n) is 7.66. The number of nitrogens with zero attached hydrogens (tertiary/aromatic N) is 2. The Kier molecular flexibility index (Phi) is 6.49. The highest BCUT2D eigenvalue weighted by Crippen LogP contribution is 2.18. The number of rotatable bonds is 7. The van der Waals surface area contributed by atoms with Crippen LogP contribution >= 0.6 is 0 Å². The van der Waals surface area contributed by atoms with E-state index in [0.717, 1.165) is 5.56 Å². The van der Waals surface area contributed by atoms with Gasteiger partial charge in [0, 0.05) is 6.54 Å². The topological polar surface area (TPSA) is 157 Å². The molecule has 0 fully saturated rings. The summed E-state index contributed by atoms with van der Waals surface area (Å²) in [6.07, 6.45) is -1.74. The normalized spacial score (nSPS) is 13.0. The smallest absolute Gasteiger partial charge is 0.407 e. The van der Waals surface area contributed by atoms with Gasteiger partial charge in [-0.1, -0.05) is 30.3 Å². The van der Waals surface area contributed by atoms with Gasteiger partial charge in [0.05, 0.1) is 18.0 Å². The summed E-state index contributed by atoms with van der Waals surface area (Å²) in [6.45, 7) is 0.266. The lowest BCUT2D eigenvalue weighted by Crippen LogP contribution is -2.30. The van der Waals surface area contributed by atoms with Crippen LogP contribution in [0.25, 0.3) is 0 Å². The molecule has 0 aliphatic heterocycles. The number of carbonyl (C=O) groups is 1. The number of nitrogen functional groups attached to an aromatic ring is 2. The van der Waals surface area contributed by atoms with Gasteiger partial charge in [-0.2, -0.15) is 0 Å². The highest BCUT2D eigenvalue weighted by Gasteiger charge is 2.21. The lowest BCUT2D eigenvalue weighted by Gasteiger charge is -2.17. The molecule has 1 heterocycles. The standard InChI is InChI=1S/C16H21N5O4/c17-14-15(18)21-11(8-20-14)13(23)12(22)6-7-19-16(24)25-9-10-4-2-1-3-5-10/h1-5,8,12-13,22-23H,6-7,9H2,(H2,17,20)(H2,18,21)(H,19,24). The van der Waals surface area contributed by atoms with E-state index < -0.39 is 18.3 Å². The number of aliphatic hydroxyl groups excluding tert-OH is 2. The van der Waals surface area contributed by atoms with E-state index in [9.17, 15) is 15.0 Å². The number of alkyl carbamates (subject to hydrolysis) is 1. The number of ether oxygens (including phenoxy) is 1. The Morgan fingerprint density at radius 1 is 1.20 bits per heavy atom. The van der Waals surface area contributed by atoms with Crippen molar-refractivity contribution < 1.29 is 19.7 Å². The van der Waals surface area contributed by atoms with E-state index in [4.69, 9.17) is 16.2 Å². The van der Waals surface area contributed by atoms with E-state index in [-0.39, 0.29) is 36.9 Å². The lowest BCUT2D eigenvalue weighted by molar-refractivity contribution is 0.0110. The SMILES string of the molecule is Nc1ncc(C(O)C(O)CCNC(=O)OCc2ccccc2)nc1N. The lowest BCUT2D eigenvalue weighted by atomic mass is 10.1.